The summed E-state index contributed by atoms with van der Waals surface area (Å²) in [7, 11) is 2.40. The number of carbonyl (C=O) groups excluding carboxylic acids is 2. The van der Waals surface area contributed by atoms with Crippen LogP contribution >= 0.6 is 21.6 Å². The van der Waals surface area contributed by atoms with E-state index >= 15 is 0 Å². The first-order chi connectivity index (χ1) is 18.3. The van der Waals surface area contributed by atoms with Gasteiger partial charge in [0, 0.05) is 22.3 Å². The molecule has 2 heterocycles. The molecule has 0 N–H and O–H groups in total. The molecule has 6 nitrogen and oxygen atoms in total. The van der Waals surface area contributed by atoms with Gasteiger partial charge in [0.05, 0.1) is 22.5 Å². The van der Waals surface area contributed by atoms with Gasteiger partial charge in [-0.2, -0.15) is 10.5 Å². The maximum Gasteiger partial charge on any atom is 0.162 e. The zero-order valence-corrected chi connectivity index (χ0v) is 22.8. The van der Waals surface area contributed by atoms with Crippen LogP contribution in [0.4, 0.5) is 0 Å². The highest BCUT2D eigenvalue weighted by Gasteiger charge is 2.25. The molecule has 0 saturated heterocycles. The molecule has 0 saturated carbocycles. The fraction of sp³-hybridized carbons (Fsp3) is 0.133. The van der Waals surface area contributed by atoms with Crippen molar-refractivity contribution in [3.63, 3.8) is 0 Å². The van der Waals surface area contributed by atoms with Crippen molar-refractivity contribution in [2.75, 3.05) is 0 Å². The number of Topliss-reactive ketones (excluding diaryl/α,β-unsaturated/α-hetero) is 2. The van der Waals surface area contributed by atoms with Crippen molar-refractivity contribution in [3.05, 3.63) is 94.3 Å². The second kappa shape index (κ2) is 11.4. The van der Waals surface area contributed by atoms with E-state index < -0.39 is 0 Å². The maximum atomic E-state index is 12.6. The summed E-state index contributed by atoms with van der Waals surface area (Å²) in [6.45, 7) is 6.42. The quantitative estimate of drug-likeness (QED) is 0.179. The largest absolute Gasteiger partial charge is 0.294 e. The van der Waals surface area contributed by atoms with Gasteiger partial charge in [0.1, 0.15) is 22.2 Å². The minimum Gasteiger partial charge on any atom is -0.294 e. The van der Waals surface area contributed by atoms with Crippen LogP contribution in [0.1, 0.15) is 57.1 Å². The van der Waals surface area contributed by atoms with Crippen molar-refractivity contribution in [2.24, 2.45) is 0 Å². The summed E-state index contributed by atoms with van der Waals surface area (Å²) in [5.74, 6) is -0.350. The molecular weight excluding hydrogens is 512 g/mol. The van der Waals surface area contributed by atoms with Gasteiger partial charge >= 0.3 is 0 Å². The highest BCUT2D eigenvalue weighted by molar-refractivity contribution is 8.76. The number of benzene rings is 2. The Labute approximate surface area is 229 Å². The number of carbonyl (C=O) groups is 2. The predicted molar refractivity (Wildman–Crippen MR) is 150 cm³/mol. The van der Waals surface area contributed by atoms with E-state index in [0.717, 1.165) is 11.1 Å². The lowest BCUT2D eigenvalue weighted by atomic mass is 9.93. The highest BCUT2D eigenvalue weighted by atomic mass is 33.1. The second-order valence-electron chi connectivity index (χ2n) is 8.49. The van der Waals surface area contributed by atoms with Crippen LogP contribution in [0.2, 0.25) is 0 Å². The van der Waals surface area contributed by atoms with E-state index in [9.17, 15) is 20.1 Å². The molecule has 0 aliphatic rings. The molecule has 2 aromatic carbocycles. The van der Waals surface area contributed by atoms with Gasteiger partial charge < -0.3 is 0 Å². The lowest BCUT2D eigenvalue weighted by Crippen LogP contribution is -2.07. The van der Waals surface area contributed by atoms with Crippen LogP contribution in [-0.2, 0) is 0 Å². The zero-order chi connectivity index (χ0) is 27.4. The number of hydrogen-bond donors (Lipinski definition) is 0. The molecule has 0 unspecified atom stereocenters. The first-order valence-corrected chi connectivity index (χ1v) is 13.8. The molecule has 0 radical (unpaired) electrons. The Balaban J connectivity index is 1.88. The van der Waals surface area contributed by atoms with Crippen molar-refractivity contribution < 1.29 is 9.59 Å². The Morgan fingerprint density at radius 3 is 1.29 bits per heavy atom. The van der Waals surface area contributed by atoms with E-state index in [1.54, 1.807) is 13.8 Å². The SMILES string of the molecule is CC(=O)c1c(C)nc(SSc2nc(C)c(C(C)=O)c(-c3ccccc3)c2C#N)c(C#N)c1-c1ccccc1. The molecule has 0 amide bonds. The van der Waals surface area contributed by atoms with E-state index in [4.69, 9.17) is 0 Å². The molecule has 0 aliphatic heterocycles. The fourth-order valence-corrected chi connectivity index (χ4v) is 6.58. The van der Waals surface area contributed by atoms with Gasteiger partial charge in [-0.25, -0.2) is 9.97 Å². The lowest BCUT2D eigenvalue weighted by molar-refractivity contribution is 0.100. The minimum atomic E-state index is -0.175. The van der Waals surface area contributed by atoms with Crippen molar-refractivity contribution >= 4 is 33.2 Å². The maximum absolute atomic E-state index is 12.6. The van der Waals surface area contributed by atoms with Crippen molar-refractivity contribution in [1.82, 2.24) is 9.97 Å². The van der Waals surface area contributed by atoms with Gasteiger partial charge in [-0.3, -0.25) is 9.59 Å². The Kier molecular flexibility index (Phi) is 8.07. The number of hydrogen-bond acceptors (Lipinski definition) is 8. The van der Waals surface area contributed by atoms with Gasteiger partial charge in [-0.05, 0) is 60.4 Å². The third-order valence-corrected chi connectivity index (χ3v) is 8.13. The molecular formula is C30H22N4O2S2. The van der Waals surface area contributed by atoms with E-state index in [1.165, 1.54) is 35.4 Å². The lowest BCUT2D eigenvalue weighted by Gasteiger charge is -2.17. The molecule has 4 aromatic rings. The van der Waals surface area contributed by atoms with E-state index in [1.807, 2.05) is 60.7 Å². The van der Waals surface area contributed by atoms with Crippen molar-refractivity contribution in [1.29, 1.82) is 10.5 Å². The number of nitrogens with zero attached hydrogens (tertiary/aromatic N) is 4. The average Bonchev–Trinajstić information content (AvgIpc) is 2.91. The second-order valence-corrected chi connectivity index (χ2v) is 10.6. The number of rotatable bonds is 7. The van der Waals surface area contributed by atoms with Crippen LogP contribution in [0.25, 0.3) is 22.3 Å². The minimum absolute atomic E-state index is 0.175. The van der Waals surface area contributed by atoms with Crippen molar-refractivity contribution in [3.8, 4) is 34.4 Å². The van der Waals surface area contributed by atoms with Crippen LogP contribution in [0.15, 0.2) is 70.7 Å². The summed E-state index contributed by atoms with van der Waals surface area (Å²) in [4.78, 5) is 34.3. The Hall–Kier alpha value is -4.24. The molecule has 0 spiro atoms. The van der Waals surface area contributed by atoms with Gasteiger partial charge in [-0.15, -0.1) is 0 Å². The van der Waals surface area contributed by atoms with Crippen LogP contribution in [-0.4, -0.2) is 21.5 Å². The molecule has 0 fully saturated rings. The van der Waals surface area contributed by atoms with Gasteiger partial charge in [-0.1, -0.05) is 60.7 Å². The Morgan fingerprint density at radius 2 is 1.00 bits per heavy atom. The molecule has 4 rings (SSSR count). The molecule has 0 atom stereocenters. The zero-order valence-electron chi connectivity index (χ0n) is 21.2. The number of ketones is 2. The summed E-state index contributed by atoms with van der Waals surface area (Å²) < 4.78 is 0. The summed E-state index contributed by atoms with van der Waals surface area (Å²) in [5.41, 5.74) is 4.98. The number of nitriles is 2. The molecule has 186 valence electrons. The molecule has 38 heavy (non-hydrogen) atoms. The molecule has 2 aromatic heterocycles. The first kappa shape index (κ1) is 26.8. The van der Waals surface area contributed by atoms with Gasteiger partial charge in [0.25, 0.3) is 0 Å². The summed E-state index contributed by atoms with van der Waals surface area (Å²) in [6, 6.07) is 23.1. The van der Waals surface area contributed by atoms with Crippen LogP contribution in [0.3, 0.4) is 0 Å². The number of aryl methyl sites for hydroxylation is 2. The third kappa shape index (κ3) is 5.10. The van der Waals surface area contributed by atoms with E-state index in [0.29, 0.717) is 43.7 Å². The Morgan fingerprint density at radius 1 is 0.658 bits per heavy atom. The van der Waals surface area contributed by atoms with Crippen molar-refractivity contribution in [2.45, 2.75) is 37.7 Å². The molecule has 8 heteroatoms. The average molecular weight is 535 g/mol. The predicted octanol–water partition coefficient (Wildman–Crippen LogP) is 7.38. The summed E-state index contributed by atoms with van der Waals surface area (Å²) >= 11 is 0. The van der Waals surface area contributed by atoms with Gasteiger partial charge in [0.15, 0.2) is 11.6 Å². The molecule has 0 aliphatic carbocycles. The molecule has 0 bridgehead atoms. The summed E-state index contributed by atoms with van der Waals surface area (Å²) in [6.07, 6.45) is 0. The van der Waals surface area contributed by atoms with Crippen LogP contribution in [0.5, 0.6) is 0 Å². The monoisotopic (exact) mass is 534 g/mol. The van der Waals surface area contributed by atoms with Gasteiger partial charge in [0.2, 0.25) is 0 Å². The Bertz CT molecular complexity index is 1530. The van der Waals surface area contributed by atoms with Crippen LogP contribution in [0, 0.1) is 36.5 Å². The smallest absolute Gasteiger partial charge is 0.162 e. The topological polar surface area (TPSA) is 108 Å². The number of pyridine rings is 2. The van der Waals surface area contributed by atoms with E-state index in [-0.39, 0.29) is 22.7 Å². The first-order valence-electron chi connectivity index (χ1n) is 11.6. The number of aromatic nitrogens is 2. The highest BCUT2D eigenvalue weighted by Crippen LogP contribution is 2.44. The normalized spacial score (nSPS) is 10.5. The van der Waals surface area contributed by atoms with E-state index in [2.05, 4.69) is 22.1 Å². The van der Waals surface area contributed by atoms with Crippen LogP contribution < -0.4 is 0 Å². The standard InChI is InChI=1S/C30H22N4O2S2/c1-17-25(19(3)35)27(21-11-7-5-8-12-21)23(15-31)29(33-17)37-38-30-24(16-32)28(22-13-9-6-10-14-22)26(20(4)36)18(2)34-30/h5-14H,1-4H3. The fourth-order valence-electron chi connectivity index (χ4n) is 4.41. The summed E-state index contributed by atoms with van der Waals surface area (Å²) in [5, 5.41) is 21.2. The third-order valence-electron chi connectivity index (χ3n) is 5.94.